The Morgan fingerprint density at radius 1 is 1.35 bits per heavy atom. The quantitative estimate of drug-likeness (QED) is 0.831. The van der Waals surface area contributed by atoms with Gasteiger partial charge in [0.25, 0.3) is 0 Å². The maximum absolute atomic E-state index is 5.51. The normalized spacial score (nSPS) is 18.8. The van der Waals surface area contributed by atoms with Crippen LogP contribution in [-0.4, -0.2) is 37.3 Å². The zero-order valence-electron chi connectivity index (χ0n) is 12.8. The minimum absolute atomic E-state index is 0.591. The first-order valence-corrected chi connectivity index (χ1v) is 7.91. The van der Waals surface area contributed by atoms with Crippen molar-refractivity contribution >= 4 is 5.82 Å². The molecule has 1 aromatic rings. The number of pyridine rings is 1. The number of nitrogens with zero attached hydrogens (tertiary/aromatic N) is 2. The molecular formula is C16H27N3O. The molecule has 20 heavy (non-hydrogen) atoms. The van der Waals surface area contributed by atoms with E-state index < -0.39 is 0 Å². The molecule has 0 radical (unpaired) electrons. The Morgan fingerprint density at radius 2 is 2.25 bits per heavy atom. The van der Waals surface area contributed by atoms with Crippen LogP contribution in [0.3, 0.4) is 0 Å². The Morgan fingerprint density at radius 3 is 2.95 bits per heavy atom. The molecule has 0 spiro atoms. The number of ether oxygens (including phenoxy) is 1. The highest BCUT2D eigenvalue weighted by Crippen LogP contribution is 2.18. The van der Waals surface area contributed by atoms with Gasteiger partial charge in [0.1, 0.15) is 5.82 Å². The van der Waals surface area contributed by atoms with Gasteiger partial charge in [0.05, 0.1) is 6.61 Å². The summed E-state index contributed by atoms with van der Waals surface area (Å²) in [6, 6.07) is 6.63. The summed E-state index contributed by atoms with van der Waals surface area (Å²) < 4.78 is 5.51. The Balaban J connectivity index is 2.04. The molecule has 2 rings (SSSR count). The van der Waals surface area contributed by atoms with Gasteiger partial charge in [0.15, 0.2) is 0 Å². The molecule has 1 fully saturated rings. The topological polar surface area (TPSA) is 37.4 Å². The molecule has 0 saturated carbocycles. The van der Waals surface area contributed by atoms with E-state index in [4.69, 9.17) is 4.74 Å². The lowest BCUT2D eigenvalue weighted by atomic mass is 10.0. The lowest BCUT2D eigenvalue weighted by molar-refractivity contribution is 0.326. The Hall–Kier alpha value is -1.29. The van der Waals surface area contributed by atoms with Crippen LogP contribution in [0.15, 0.2) is 18.2 Å². The van der Waals surface area contributed by atoms with Gasteiger partial charge in [-0.1, -0.05) is 19.4 Å². The molecule has 1 unspecified atom stereocenters. The van der Waals surface area contributed by atoms with Gasteiger partial charge in [0.2, 0.25) is 5.88 Å². The van der Waals surface area contributed by atoms with E-state index in [1.807, 2.05) is 19.1 Å². The first-order valence-electron chi connectivity index (χ1n) is 7.91. The second-order valence-corrected chi connectivity index (χ2v) is 5.36. The lowest BCUT2D eigenvalue weighted by Gasteiger charge is -2.31. The Kier molecular flexibility index (Phi) is 6.12. The summed E-state index contributed by atoms with van der Waals surface area (Å²) in [7, 11) is 0. The highest BCUT2D eigenvalue weighted by molar-refractivity contribution is 5.41. The van der Waals surface area contributed by atoms with E-state index in [1.165, 1.54) is 19.3 Å². The van der Waals surface area contributed by atoms with Gasteiger partial charge in [-0.2, -0.15) is 4.98 Å². The standard InChI is InChI=1S/C16H27N3O/c1-3-12-19(13-14-8-5-6-11-17-14)15-9-7-10-16(18-15)20-4-2/h7,9-10,14,17H,3-6,8,11-13H2,1-2H3. The van der Waals surface area contributed by atoms with Crippen molar-refractivity contribution in [1.29, 1.82) is 0 Å². The van der Waals surface area contributed by atoms with Gasteiger partial charge in [0, 0.05) is 25.2 Å². The molecule has 2 heterocycles. The van der Waals surface area contributed by atoms with E-state index in [0.29, 0.717) is 12.6 Å². The molecule has 1 aliphatic rings. The van der Waals surface area contributed by atoms with Crippen LogP contribution in [0.4, 0.5) is 5.82 Å². The summed E-state index contributed by atoms with van der Waals surface area (Å²) in [5.41, 5.74) is 0. The summed E-state index contributed by atoms with van der Waals surface area (Å²) >= 11 is 0. The summed E-state index contributed by atoms with van der Waals surface area (Å²) in [5.74, 6) is 1.76. The number of nitrogens with one attached hydrogen (secondary N) is 1. The van der Waals surface area contributed by atoms with Crippen molar-refractivity contribution in [3.63, 3.8) is 0 Å². The third-order valence-electron chi connectivity index (χ3n) is 3.67. The highest BCUT2D eigenvalue weighted by Gasteiger charge is 2.17. The van der Waals surface area contributed by atoms with Crippen molar-refractivity contribution in [2.24, 2.45) is 0 Å². The Labute approximate surface area is 122 Å². The SMILES string of the molecule is CCCN(CC1CCCCN1)c1cccc(OCC)n1. The van der Waals surface area contributed by atoms with Crippen LogP contribution in [-0.2, 0) is 0 Å². The van der Waals surface area contributed by atoms with Gasteiger partial charge < -0.3 is 15.0 Å². The Bertz CT molecular complexity index is 391. The smallest absolute Gasteiger partial charge is 0.215 e. The van der Waals surface area contributed by atoms with Crippen LogP contribution < -0.4 is 15.0 Å². The predicted octanol–water partition coefficient (Wildman–Crippen LogP) is 2.84. The van der Waals surface area contributed by atoms with Crippen molar-refractivity contribution < 1.29 is 4.74 Å². The molecule has 4 nitrogen and oxygen atoms in total. The molecule has 1 atom stereocenters. The van der Waals surface area contributed by atoms with Crippen molar-refractivity contribution in [3.05, 3.63) is 18.2 Å². The van der Waals surface area contributed by atoms with Crippen molar-refractivity contribution in [2.75, 3.05) is 31.1 Å². The number of anilines is 1. The third-order valence-corrected chi connectivity index (χ3v) is 3.67. The molecule has 1 N–H and O–H groups in total. The maximum Gasteiger partial charge on any atom is 0.215 e. The van der Waals surface area contributed by atoms with Crippen LogP contribution in [0.2, 0.25) is 0 Å². The molecule has 0 aromatic carbocycles. The van der Waals surface area contributed by atoms with Gasteiger partial charge in [-0.25, -0.2) is 0 Å². The number of hydrogen-bond acceptors (Lipinski definition) is 4. The zero-order valence-corrected chi connectivity index (χ0v) is 12.8. The minimum atomic E-state index is 0.591. The molecule has 112 valence electrons. The molecule has 0 amide bonds. The van der Waals surface area contributed by atoms with E-state index in [2.05, 4.69) is 28.2 Å². The molecule has 1 aliphatic heterocycles. The molecule has 1 saturated heterocycles. The highest BCUT2D eigenvalue weighted by atomic mass is 16.5. The van der Waals surface area contributed by atoms with Gasteiger partial charge in [-0.05, 0) is 38.8 Å². The monoisotopic (exact) mass is 277 g/mol. The van der Waals surface area contributed by atoms with Gasteiger partial charge in [-0.3, -0.25) is 0 Å². The van der Waals surface area contributed by atoms with Gasteiger partial charge in [-0.15, -0.1) is 0 Å². The van der Waals surface area contributed by atoms with Crippen LogP contribution in [0, 0.1) is 0 Å². The second kappa shape index (κ2) is 8.10. The summed E-state index contributed by atoms with van der Waals surface area (Å²) in [6.45, 7) is 8.10. The van der Waals surface area contributed by atoms with Crippen LogP contribution in [0.25, 0.3) is 0 Å². The van der Waals surface area contributed by atoms with E-state index in [1.54, 1.807) is 0 Å². The minimum Gasteiger partial charge on any atom is -0.478 e. The average Bonchev–Trinajstić information content (AvgIpc) is 2.49. The van der Waals surface area contributed by atoms with Crippen molar-refractivity contribution in [2.45, 2.75) is 45.6 Å². The summed E-state index contributed by atoms with van der Waals surface area (Å²) in [5, 5.41) is 3.62. The molecule has 4 heteroatoms. The van der Waals surface area contributed by atoms with Gasteiger partial charge >= 0.3 is 0 Å². The largest absolute Gasteiger partial charge is 0.478 e. The van der Waals surface area contributed by atoms with Crippen LogP contribution in [0.1, 0.15) is 39.5 Å². The average molecular weight is 277 g/mol. The first-order chi connectivity index (χ1) is 9.83. The predicted molar refractivity (Wildman–Crippen MR) is 83.6 cm³/mol. The van der Waals surface area contributed by atoms with Crippen LogP contribution in [0.5, 0.6) is 5.88 Å². The fourth-order valence-electron chi connectivity index (χ4n) is 2.72. The number of piperidine rings is 1. The molecular weight excluding hydrogens is 250 g/mol. The summed E-state index contributed by atoms with van der Waals surface area (Å²) in [4.78, 5) is 7.00. The second-order valence-electron chi connectivity index (χ2n) is 5.36. The van der Waals surface area contributed by atoms with E-state index in [0.717, 1.165) is 37.8 Å². The molecule has 0 aliphatic carbocycles. The third kappa shape index (κ3) is 4.37. The lowest BCUT2D eigenvalue weighted by Crippen LogP contribution is -2.44. The van der Waals surface area contributed by atoms with E-state index in [9.17, 15) is 0 Å². The van der Waals surface area contributed by atoms with E-state index >= 15 is 0 Å². The first kappa shape index (κ1) is 15.1. The van der Waals surface area contributed by atoms with Crippen molar-refractivity contribution in [1.82, 2.24) is 10.3 Å². The van der Waals surface area contributed by atoms with Crippen LogP contribution >= 0.6 is 0 Å². The van der Waals surface area contributed by atoms with Crippen molar-refractivity contribution in [3.8, 4) is 5.88 Å². The number of hydrogen-bond donors (Lipinski definition) is 1. The number of rotatable bonds is 7. The molecule has 1 aromatic heterocycles. The summed E-state index contributed by atoms with van der Waals surface area (Å²) in [6.07, 6.45) is 5.05. The zero-order chi connectivity index (χ0) is 14.2. The van der Waals surface area contributed by atoms with E-state index in [-0.39, 0.29) is 0 Å². The fourth-order valence-corrected chi connectivity index (χ4v) is 2.72. The number of aromatic nitrogens is 1. The maximum atomic E-state index is 5.51. The fraction of sp³-hybridized carbons (Fsp3) is 0.688. The molecule has 0 bridgehead atoms.